The number of methoxy groups -OCH3 is 2. The van der Waals surface area contributed by atoms with Gasteiger partial charge in [0, 0.05) is 19.2 Å². The quantitative estimate of drug-likeness (QED) is 0.528. The molecule has 1 heterocycles. The number of morpholine rings is 1. The second kappa shape index (κ2) is 10.6. The minimum absolute atomic E-state index is 0.0269. The molecule has 0 spiro atoms. The lowest BCUT2D eigenvalue weighted by Gasteiger charge is -2.26. The lowest BCUT2D eigenvalue weighted by molar-refractivity contribution is -0.114. The van der Waals surface area contributed by atoms with Crippen LogP contribution in [0.2, 0.25) is 0 Å². The van der Waals surface area contributed by atoms with E-state index in [0.29, 0.717) is 30.4 Å². The molecule has 2 aromatic carbocycles. The third kappa shape index (κ3) is 5.97. The molecule has 1 saturated heterocycles. The van der Waals surface area contributed by atoms with Crippen molar-refractivity contribution >= 4 is 37.3 Å². The van der Waals surface area contributed by atoms with E-state index in [1.165, 1.54) is 42.8 Å². The predicted octanol–water partition coefficient (Wildman–Crippen LogP) is 1.13. The largest absolute Gasteiger partial charge is 0.497 e. The van der Waals surface area contributed by atoms with E-state index in [0.717, 1.165) is 10.6 Å². The molecule has 0 aliphatic carbocycles. The maximum Gasteiger partial charge on any atom is 0.245 e. The van der Waals surface area contributed by atoms with Crippen LogP contribution in [-0.2, 0) is 29.6 Å². The Hall–Kier alpha value is -2.87. The zero-order chi connectivity index (χ0) is 24.9. The topological polar surface area (TPSA) is 132 Å². The lowest BCUT2D eigenvalue weighted by atomic mass is 10.2. The van der Waals surface area contributed by atoms with Crippen molar-refractivity contribution in [2.75, 3.05) is 62.9 Å². The van der Waals surface area contributed by atoms with Crippen LogP contribution in [-0.4, -0.2) is 80.4 Å². The molecule has 186 valence electrons. The zero-order valence-corrected chi connectivity index (χ0v) is 20.7. The van der Waals surface area contributed by atoms with Crippen molar-refractivity contribution in [2.45, 2.75) is 4.90 Å². The Balaban J connectivity index is 1.79. The van der Waals surface area contributed by atoms with Gasteiger partial charge in [0.15, 0.2) is 0 Å². The number of ether oxygens (including phenoxy) is 3. The fraction of sp³-hybridized carbons (Fsp3) is 0.381. The normalized spacial score (nSPS) is 14.9. The highest BCUT2D eigenvalue weighted by Crippen LogP contribution is 2.29. The first-order valence-electron chi connectivity index (χ1n) is 10.2. The molecule has 34 heavy (non-hydrogen) atoms. The van der Waals surface area contributed by atoms with E-state index in [1.807, 2.05) is 0 Å². The minimum Gasteiger partial charge on any atom is -0.497 e. The van der Waals surface area contributed by atoms with E-state index < -0.39 is 32.5 Å². The minimum atomic E-state index is -3.86. The van der Waals surface area contributed by atoms with Crippen LogP contribution in [0.5, 0.6) is 11.5 Å². The van der Waals surface area contributed by atoms with Crippen LogP contribution in [0.25, 0.3) is 0 Å². The van der Waals surface area contributed by atoms with E-state index in [2.05, 4.69) is 5.32 Å². The molecule has 3 rings (SSSR count). The van der Waals surface area contributed by atoms with Crippen molar-refractivity contribution in [3.8, 4) is 11.5 Å². The molecule has 1 aliphatic heterocycles. The average Bonchev–Trinajstić information content (AvgIpc) is 2.82. The SMILES string of the molecule is COc1ccc(NC(=O)CN(c2ccc(S(=O)(=O)N3CCOCC3)cc2)S(C)(=O)=O)c(OC)c1. The highest BCUT2D eigenvalue weighted by Gasteiger charge is 2.27. The number of nitrogens with one attached hydrogen (secondary N) is 1. The molecule has 1 N–H and O–H groups in total. The number of benzene rings is 2. The third-order valence-electron chi connectivity index (χ3n) is 5.10. The monoisotopic (exact) mass is 513 g/mol. The number of anilines is 2. The molecule has 0 atom stereocenters. The molecule has 1 aliphatic rings. The van der Waals surface area contributed by atoms with Crippen molar-refractivity contribution in [3.63, 3.8) is 0 Å². The first kappa shape index (κ1) is 25.7. The Labute approximate surface area is 199 Å². The zero-order valence-electron chi connectivity index (χ0n) is 19.1. The molecule has 0 bridgehead atoms. The van der Waals surface area contributed by atoms with Gasteiger partial charge >= 0.3 is 0 Å². The summed E-state index contributed by atoms with van der Waals surface area (Å²) in [6.45, 7) is 0.590. The molecule has 2 aromatic rings. The summed E-state index contributed by atoms with van der Waals surface area (Å²) in [5, 5.41) is 2.62. The van der Waals surface area contributed by atoms with Crippen molar-refractivity contribution in [1.29, 1.82) is 0 Å². The summed E-state index contributed by atoms with van der Waals surface area (Å²) in [5.74, 6) is 0.259. The van der Waals surface area contributed by atoms with Gasteiger partial charge < -0.3 is 19.5 Å². The van der Waals surface area contributed by atoms with Gasteiger partial charge in [0.05, 0.1) is 50.0 Å². The molecular weight excluding hydrogens is 486 g/mol. The number of hydrogen-bond donors (Lipinski definition) is 1. The van der Waals surface area contributed by atoms with Crippen molar-refractivity contribution in [2.24, 2.45) is 0 Å². The summed E-state index contributed by atoms with van der Waals surface area (Å²) >= 11 is 0. The lowest BCUT2D eigenvalue weighted by Crippen LogP contribution is -2.40. The molecule has 0 radical (unpaired) electrons. The highest BCUT2D eigenvalue weighted by molar-refractivity contribution is 7.92. The van der Waals surface area contributed by atoms with Crippen molar-refractivity contribution in [1.82, 2.24) is 4.31 Å². The summed E-state index contributed by atoms with van der Waals surface area (Å²) in [6, 6.07) is 10.1. The second-order valence-electron chi connectivity index (χ2n) is 7.39. The van der Waals surface area contributed by atoms with E-state index in [9.17, 15) is 21.6 Å². The molecule has 1 fully saturated rings. The van der Waals surface area contributed by atoms with Crippen LogP contribution in [0.1, 0.15) is 0 Å². The van der Waals surface area contributed by atoms with E-state index >= 15 is 0 Å². The van der Waals surface area contributed by atoms with Crippen LogP contribution < -0.4 is 19.1 Å². The fourth-order valence-electron chi connectivity index (χ4n) is 3.34. The van der Waals surface area contributed by atoms with Crippen LogP contribution >= 0.6 is 0 Å². The number of nitrogens with zero attached hydrogens (tertiary/aromatic N) is 2. The van der Waals surface area contributed by atoms with Gasteiger partial charge in [0.25, 0.3) is 0 Å². The van der Waals surface area contributed by atoms with E-state index in [4.69, 9.17) is 14.2 Å². The van der Waals surface area contributed by atoms with Gasteiger partial charge in [0.2, 0.25) is 26.0 Å². The summed E-state index contributed by atoms with van der Waals surface area (Å²) in [6.07, 6.45) is 0.965. The van der Waals surface area contributed by atoms with Crippen LogP contribution in [0.4, 0.5) is 11.4 Å². The van der Waals surface area contributed by atoms with E-state index in [-0.39, 0.29) is 23.7 Å². The Kier molecular flexibility index (Phi) is 8.02. The maximum absolute atomic E-state index is 12.8. The molecule has 0 aromatic heterocycles. The van der Waals surface area contributed by atoms with Gasteiger partial charge in [-0.05, 0) is 36.4 Å². The molecule has 13 heteroatoms. The molecule has 11 nitrogen and oxygen atoms in total. The Bertz CT molecular complexity index is 1230. The van der Waals surface area contributed by atoms with Crippen LogP contribution in [0.3, 0.4) is 0 Å². The first-order chi connectivity index (χ1) is 16.1. The number of hydrogen-bond acceptors (Lipinski definition) is 8. The first-order valence-corrected chi connectivity index (χ1v) is 13.5. The van der Waals surface area contributed by atoms with Gasteiger partial charge in [-0.1, -0.05) is 0 Å². The third-order valence-corrected chi connectivity index (χ3v) is 8.16. The number of carbonyl (C=O) groups is 1. The molecule has 1 amide bonds. The smallest absolute Gasteiger partial charge is 0.245 e. The van der Waals surface area contributed by atoms with Crippen molar-refractivity contribution in [3.05, 3.63) is 42.5 Å². The number of carbonyl (C=O) groups excluding carboxylic acids is 1. The fourth-order valence-corrected chi connectivity index (χ4v) is 5.61. The predicted molar refractivity (Wildman–Crippen MR) is 126 cm³/mol. The maximum atomic E-state index is 12.8. The Morgan fingerprint density at radius 1 is 1.03 bits per heavy atom. The summed E-state index contributed by atoms with van der Waals surface area (Å²) in [4.78, 5) is 12.7. The van der Waals surface area contributed by atoms with Gasteiger partial charge in [-0.3, -0.25) is 9.10 Å². The number of sulfonamides is 2. The summed E-state index contributed by atoms with van der Waals surface area (Å²) in [5.41, 5.74) is 0.494. The Morgan fingerprint density at radius 2 is 1.68 bits per heavy atom. The molecule has 0 unspecified atom stereocenters. The Morgan fingerprint density at radius 3 is 2.24 bits per heavy atom. The van der Waals surface area contributed by atoms with E-state index in [1.54, 1.807) is 18.2 Å². The standard InChI is InChI=1S/C21H27N3O8S2/c1-30-17-6-9-19(20(14-17)31-2)22-21(25)15-24(33(3,26)27)16-4-7-18(8-5-16)34(28,29)23-10-12-32-13-11-23/h4-9,14H,10-13,15H2,1-3H3,(H,22,25). The summed E-state index contributed by atoms with van der Waals surface area (Å²) < 4.78 is 68.2. The van der Waals surface area contributed by atoms with Gasteiger partial charge in [-0.15, -0.1) is 0 Å². The number of rotatable bonds is 9. The average molecular weight is 514 g/mol. The molecule has 0 saturated carbocycles. The van der Waals surface area contributed by atoms with Gasteiger partial charge in [-0.25, -0.2) is 16.8 Å². The number of amides is 1. The highest BCUT2D eigenvalue weighted by atomic mass is 32.2. The van der Waals surface area contributed by atoms with Crippen molar-refractivity contribution < 1.29 is 35.8 Å². The molecular formula is C21H27N3O8S2. The van der Waals surface area contributed by atoms with Gasteiger partial charge in [-0.2, -0.15) is 4.31 Å². The van der Waals surface area contributed by atoms with Crippen LogP contribution in [0.15, 0.2) is 47.4 Å². The second-order valence-corrected chi connectivity index (χ2v) is 11.2. The van der Waals surface area contributed by atoms with Gasteiger partial charge in [0.1, 0.15) is 18.0 Å². The van der Waals surface area contributed by atoms with Crippen LogP contribution in [0, 0.1) is 0 Å². The summed E-state index contributed by atoms with van der Waals surface area (Å²) in [7, 11) is -4.67.